The fourth-order valence-corrected chi connectivity index (χ4v) is 2.15. The predicted octanol–water partition coefficient (Wildman–Crippen LogP) is 3.75. The van der Waals surface area contributed by atoms with Crippen molar-refractivity contribution in [3.63, 3.8) is 0 Å². The Morgan fingerprint density at radius 2 is 1.89 bits per heavy atom. The van der Waals surface area contributed by atoms with E-state index in [1.807, 2.05) is 6.92 Å². The van der Waals surface area contributed by atoms with Gasteiger partial charge in [-0.1, -0.05) is 6.92 Å². The molecule has 2 rings (SSSR count). The molecule has 0 saturated heterocycles. The molecule has 0 aromatic heterocycles. The lowest BCUT2D eigenvalue weighted by atomic mass is 10.2. The van der Waals surface area contributed by atoms with Crippen LogP contribution in [0.4, 0.5) is 17.1 Å². The van der Waals surface area contributed by atoms with Crippen LogP contribution >= 0.6 is 0 Å². The van der Waals surface area contributed by atoms with E-state index in [0.717, 1.165) is 18.6 Å². The highest BCUT2D eigenvalue weighted by Gasteiger charge is 2.19. The smallest absolute Gasteiger partial charge is 0.301 e. The molecule has 0 aliphatic rings. The average molecular weight is 374 g/mol. The van der Waals surface area contributed by atoms with E-state index in [-0.39, 0.29) is 11.4 Å². The van der Waals surface area contributed by atoms with Crippen LogP contribution in [0.25, 0.3) is 0 Å². The first kappa shape index (κ1) is 19.6. The number of hydrogen-bond acceptors (Lipinski definition) is 8. The van der Waals surface area contributed by atoms with Gasteiger partial charge in [-0.2, -0.15) is 5.10 Å². The number of nitro groups is 2. The number of nitrogens with zero attached hydrogens (tertiary/aromatic N) is 3. The number of hydrazone groups is 1. The number of methoxy groups -OCH3 is 1. The molecule has 0 amide bonds. The monoisotopic (exact) mass is 374 g/mol. The lowest BCUT2D eigenvalue weighted by Gasteiger charge is -2.10. The summed E-state index contributed by atoms with van der Waals surface area (Å²) < 4.78 is 10.8. The van der Waals surface area contributed by atoms with Crippen LogP contribution in [0.2, 0.25) is 0 Å². The topological polar surface area (TPSA) is 129 Å². The molecule has 0 heterocycles. The fourth-order valence-electron chi connectivity index (χ4n) is 2.15. The van der Waals surface area contributed by atoms with Crippen molar-refractivity contribution in [1.82, 2.24) is 0 Å². The highest BCUT2D eigenvalue weighted by molar-refractivity contribution is 5.82. The summed E-state index contributed by atoms with van der Waals surface area (Å²) in [5.41, 5.74) is 2.43. The molecule has 0 aliphatic heterocycles. The molecule has 0 radical (unpaired) electrons. The number of anilines is 1. The minimum Gasteiger partial charge on any atom is -0.493 e. The zero-order valence-electron chi connectivity index (χ0n) is 14.7. The number of benzene rings is 2. The van der Waals surface area contributed by atoms with Crippen LogP contribution in [-0.2, 0) is 0 Å². The maximum absolute atomic E-state index is 11.1. The van der Waals surface area contributed by atoms with Crippen LogP contribution in [-0.4, -0.2) is 29.8 Å². The third-order valence-corrected chi connectivity index (χ3v) is 3.44. The zero-order chi connectivity index (χ0) is 19.8. The van der Waals surface area contributed by atoms with Crippen LogP contribution in [0.1, 0.15) is 18.9 Å². The maximum Gasteiger partial charge on any atom is 0.301 e. The Labute approximate surface area is 154 Å². The van der Waals surface area contributed by atoms with Gasteiger partial charge in [0.1, 0.15) is 5.69 Å². The van der Waals surface area contributed by atoms with Gasteiger partial charge in [-0.25, -0.2) is 0 Å². The number of ether oxygens (including phenoxy) is 2. The fraction of sp³-hybridized carbons (Fsp3) is 0.235. The number of hydrogen-bond donors (Lipinski definition) is 1. The molecule has 27 heavy (non-hydrogen) atoms. The summed E-state index contributed by atoms with van der Waals surface area (Å²) in [5, 5.41) is 25.8. The van der Waals surface area contributed by atoms with E-state index in [9.17, 15) is 20.2 Å². The Hall–Kier alpha value is -3.69. The molecular formula is C17H18N4O6. The van der Waals surface area contributed by atoms with Crippen molar-refractivity contribution in [1.29, 1.82) is 0 Å². The first-order valence-electron chi connectivity index (χ1n) is 7.99. The van der Waals surface area contributed by atoms with Gasteiger partial charge >= 0.3 is 5.69 Å². The molecule has 0 spiro atoms. The summed E-state index contributed by atoms with van der Waals surface area (Å²) in [7, 11) is 1.52. The van der Waals surface area contributed by atoms with Crippen molar-refractivity contribution in [2.24, 2.45) is 5.10 Å². The summed E-state index contributed by atoms with van der Waals surface area (Å²) in [6.07, 6.45) is 2.31. The Bertz CT molecular complexity index is 868. The minimum absolute atomic E-state index is 0.0386. The van der Waals surface area contributed by atoms with Crippen molar-refractivity contribution in [3.8, 4) is 11.5 Å². The summed E-state index contributed by atoms with van der Waals surface area (Å²) in [6, 6.07) is 8.47. The lowest BCUT2D eigenvalue weighted by Crippen LogP contribution is -2.00. The van der Waals surface area contributed by atoms with Crippen molar-refractivity contribution in [2.45, 2.75) is 13.3 Å². The first-order chi connectivity index (χ1) is 13.0. The Morgan fingerprint density at radius 1 is 1.11 bits per heavy atom. The number of nitrogens with one attached hydrogen (secondary N) is 1. The van der Waals surface area contributed by atoms with E-state index in [0.29, 0.717) is 23.7 Å². The van der Waals surface area contributed by atoms with Crippen molar-refractivity contribution < 1.29 is 19.3 Å². The van der Waals surface area contributed by atoms with E-state index in [1.54, 1.807) is 18.2 Å². The van der Waals surface area contributed by atoms with Gasteiger partial charge in [0.15, 0.2) is 11.5 Å². The summed E-state index contributed by atoms with van der Waals surface area (Å²) in [5.74, 6) is 1.14. The van der Waals surface area contributed by atoms with Crippen LogP contribution < -0.4 is 14.9 Å². The number of rotatable bonds is 9. The SMILES string of the molecule is CCCOc1ccc(/C=N/Nc2ccc([N+](=O)[O-])cc2[N+](=O)[O-])cc1OC. The van der Waals surface area contributed by atoms with Gasteiger partial charge in [0.05, 0.1) is 35.8 Å². The second-order valence-electron chi connectivity index (χ2n) is 5.34. The van der Waals surface area contributed by atoms with Gasteiger partial charge in [-0.15, -0.1) is 0 Å². The van der Waals surface area contributed by atoms with Gasteiger partial charge in [-0.3, -0.25) is 25.7 Å². The standard InChI is InChI=1S/C17H18N4O6/c1-3-8-27-16-7-4-12(9-17(16)26-2)11-18-19-14-6-5-13(20(22)23)10-15(14)21(24)25/h4-7,9-11,19H,3,8H2,1-2H3/b18-11+. The van der Waals surface area contributed by atoms with E-state index in [2.05, 4.69) is 10.5 Å². The quantitative estimate of drug-likeness (QED) is 0.402. The second kappa shape index (κ2) is 9.13. The highest BCUT2D eigenvalue weighted by atomic mass is 16.6. The molecular weight excluding hydrogens is 356 g/mol. The molecule has 10 heteroatoms. The third kappa shape index (κ3) is 5.14. The van der Waals surface area contributed by atoms with Gasteiger partial charge in [-0.05, 0) is 36.2 Å². The molecule has 0 bridgehead atoms. The van der Waals surface area contributed by atoms with Crippen LogP contribution in [0.3, 0.4) is 0 Å². The molecule has 142 valence electrons. The summed E-state index contributed by atoms with van der Waals surface area (Å²) in [4.78, 5) is 20.4. The predicted molar refractivity (Wildman–Crippen MR) is 99.7 cm³/mol. The van der Waals surface area contributed by atoms with E-state index in [1.165, 1.54) is 19.4 Å². The molecule has 0 atom stereocenters. The van der Waals surface area contributed by atoms with Gasteiger partial charge in [0.2, 0.25) is 0 Å². The minimum atomic E-state index is -0.715. The van der Waals surface area contributed by atoms with E-state index >= 15 is 0 Å². The van der Waals surface area contributed by atoms with Gasteiger partial charge in [0, 0.05) is 6.07 Å². The van der Waals surface area contributed by atoms with Crippen LogP contribution in [0, 0.1) is 20.2 Å². The molecule has 0 unspecified atom stereocenters. The normalized spacial score (nSPS) is 10.6. The first-order valence-corrected chi connectivity index (χ1v) is 7.99. The molecule has 2 aromatic rings. The summed E-state index contributed by atoms with van der Waals surface area (Å²) >= 11 is 0. The highest BCUT2D eigenvalue weighted by Crippen LogP contribution is 2.29. The third-order valence-electron chi connectivity index (χ3n) is 3.44. The molecule has 1 N–H and O–H groups in total. The summed E-state index contributed by atoms with van der Waals surface area (Å²) in [6.45, 7) is 2.56. The lowest BCUT2D eigenvalue weighted by molar-refractivity contribution is -0.393. The van der Waals surface area contributed by atoms with Crippen molar-refractivity contribution in [3.05, 3.63) is 62.2 Å². The van der Waals surface area contributed by atoms with Gasteiger partial charge < -0.3 is 9.47 Å². The molecule has 0 saturated carbocycles. The van der Waals surface area contributed by atoms with Crippen LogP contribution in [0.15, 0.2) is 41.5 Å². The second-order valence-corrected chi connectivity index (χ2v) is 5.34. The van der Waals surface area contributed by atoms with Crippen molar-refractivity contribution >= 4 is 23.3 Å². The zero-order valence-corrected chi connectivity index (χ0v) is 14.7. The van der Waals surface area contributed by atoms with Crippen molar-refractivity contribution in [2.75, 3.05) is 19.1 Å². The molecule has 0 fully saturated rings. The Balaban J connectivity index is 2.17. The Kier molecular flexibility index (Phi) is 6.64. The molecule has 0 aliphatic carbocycles. The van der Waals surface area contributed by atoms with Crippen LogP contribution in [0.5, 0.6) is 11.5 Å². The number of non-ortho nitro benzene ring substituents is 1. The average Bonchev–Trinajstić information content (AvgIpc) is 2.66. The Morgan fingerprint density at radius 3 is 2.52 bits per heavy atom. The van der Waals surface area contributed by atoms with E-state index in [4.69, 9.17) is 9.47 Å². The maximum atomic E-state index is 11.1. The molecule has 2 aromatic carbocycles. The van der Waals surface area contributed by atoms with Gasteiger partial charge in [0.25, 0.3) is 5.69 Å². The van der Waals surface area contributed by atoms with E-state index < -0.39 is 15.5 Å². The number of nitro benzene ring substituents is 2. The molecule has 10 nitrogen and oxygen atoms in total. The largest absolute Gasteiger partial charge is 0.493 e.